The number of aryl methyl sites for hydroxylation is 2. The van der Waals surface area contributed by atoms with Gasteiger partial charge in [-0.25, -0.2) is 13.9 Å². The van der Waals surface area contributed by atoms with Gasteiger partial charge in [-0.2, -0.15) is 10.1 Å². The van der Waals surface area contributed by atoms with Crippen LogP contribution in [0, 0.1) is 19.7 Å². The van der Waals surface area contributed by atoms with Crippen LogP contribution in [0.15, 0.2) is 30.6 Å². The SMILES string of the molecule is Cc1nc2ncnn2c(C)c1CC(=O)OCC(=O)Nc1ccc(F)cc1. The summed E-state index contributed by atoms with van der Waals surface area (Å²) in [4.78, 5) is 32.2. The first-order valence-corrected chi connectivity index (χ1v) is 7.81. The number of nitrogens with one attached hydrogen (secondary N) is 1. The molecule has 0 aliphatic carbocycles. The van der Waals surface area contributed by atoms with E-state index >= 15 is 0 Å². The first kappa shape index (κ1) is 17.5. The fourth-order valence-corrected chi connectivity index (χ4v) is 2.48. The van der Waals surface area contributed by atoms with Gasteiger partial charge in [-0.15, -0.1) is 0 Å². The second-order valence-corrected chi connectivity index (χ2v) is 5.63. The third-order valence-corrected chi connectivity index (χ3v) is 3.80. The zero-order valence-corrected chi connectivity index (χ0v) is 14.2. The Morgan fingerprint density at radius 1 is 1.23 bits per heavy atom. The zero-order valence-electron chi connectivity index (χ0n) is 14.2. The lowest BCUT2D eigenvalue weighted by Gasteiger charge is -2.10. The van der Waals surface area contributed by atoms with Crippen molar-refractivity contribution >= 4 is 23.3 Å². The van der Waals surface area contributed by atoms with Gasteiger partial charge >= 0.3 is 5.97 Å². The second kappa shape index (κ2) is 7.26. The number of fused-ring (bicyclic) bond motifs is 1. The van der Waals surface area contributed by atoms with Crippen LogP contribution in [0.25, 0.3) is 5.78 Å². The smallest absolute Gasteiger partial charge is 0.310 e. The van der Waals surface area contributed by atoms with Crippen LogP contribution in [0.3, 0.4) is 0 Å². The minimum absolute atomic E-state index is 0.0374. The van der Waals surface area contributed by atoms with E-state index in [2.05, 4.69) is 20.4 Å². The largest absolute Gasteiger partial charge is 0.455 e. The number of aromatic nitrogens is 4. The Kier molecular flexibility index (Phi) is 4.87. The summed E-state index contributed by atoms with van der Waals surface area (Å²) in [6, 6.07) is 5.28. The number of halogens is 1. The number of carbonyl (C=O) groups is 2. The molecule has 134 valence electrons. The second-order valence-electron chi connectivity index (χ2n) is 5.63. The Morgan fingerprint density at radius 3 is 2.69 bits per heavy atom. The van der Waals surface area contributed by atoms with Crippen LogP contribution in [0.4, 0.5) is 10.1 Å². The maximum absolute atomic E-state index is 12.8. The van der Waals surface area contributed by atoms with Crippen LogP contribution >= 0.6 is 0 Å². The van der Waals surface area contributed by atoms with Crippen molar-refractivity contribution in [2.24, 2.45) is 0 Å². The average molecular weight is 357 g/mol. The molecule has 3 aromatic rings. The van der Waals surface area contributed by atoms with Crippen LogP contribution in [0.2, 0.25) is 0 Å². The highest BCUT2D eigenvalue weighted by Crippen LogP contribution is 2.14. The van der Waals surface area contributed by atoms with E-state index in [4.69, 9.17) is 4.74 Å². The number of ether oxygens (including phenoxy) is 1. The lowest BCUT2D eigenvalue weighted by molar-refractivity contribution is -0.146. The number of nitrogens with zero attached hydrogens (tertiary/aromatic N) is 4. The van der Waals surface area contributed by atoms with Crippen molar-refractivity contribution in [3.63, 3.8) is 0 Å². The highest BCUT2D eigenvalue weighted by atomic mass is 19.1. The number of hydrogen-bond acceptors (Lipinski definition) is 6. The molecule has 0 bridgehead atoms. The minimum atomic E-state index is -0.563. The highest BCUT2D eigenvalue weighted by molar-refractivity contribution is 5.92. The summed E-state index contributed by atoms with van der Waals surface area (Å²) in [6.45, 7) is 3.14. The predicted octanol–water partition coefficient (Wildman–Crippen LogP) is 1.60. The summed E-state index contributed by atoms with van der Waals surface area (Å²) in [7, 11) is 0. The van der Waals surface area contributed by atoms with Gasteiger partial charge in [0.1, 0.15) is 12.1 Å². The van der Waals surface area contributed by atoms with Gasteiger partial charge in [-0.05, 0) is 38.1 Å². The van der Waals surface area contributed by atoms with Crippen molar-refractivity contribution in [1.29, 1.82) is 0 Å². The molecule has 0 saturated carbocycles. The van der Waals surface area contributed by atoms with Gasteiger partial charge in [0, 0.05) is 22.6 Å². The summed E-state index contributed by atoms with van der Waals surface area (Å²) >= 11 is 0. The van der Waals surface area contributed by atoms with E-state index in [0.29, 0.717) is 22.7 Å². The molecule has 0 spiro atoms. The van der Waals surface area contributed by atoms with Crippen LogP contribution in [0.5, 0.6) is 0 Å². The zero-order chi connectivity index (χ0) is 18.7. The van der Waals surface area contributed by atoms with Crippen molar-refractivity contribution in [1.82, 2.24) is 19.6 Å². The number of anilines is 1. The first-order chi connectivity index (χ1) is 12.4. The molecular formula is C17H16FN5O3. The predicted molar refractivity (Wildman–Crippen MR) is 89.9 cm³/mol. The molecule has 0 fully saturated rings. The number of hydrogen-bond donors (Lipinski definition) is 1. The Morgan fingerprint density at radius 2 is 1.96 bits per heavy atom. The maximum atomic E-state index is 12.8. The van der Waals surface area contributed by atoms with E-state index in [9.17, 15) is 14.0 Å². The monoisotopic (exact) mass is 357 g/mol. The molecule has 2 heterocycles. The molecule has 1 N–H and O–H groups in total. The molecule has 2 aromatic heterocycles. The molecular weight excluding hydrogens is 341 g/mol. The van der Waals surface area contributed by atoms with Crippen LogP contribution in [0.1, 0.15) is 17.0 Å². The lowest BCUT2D eigenvalue weighted by atomic mass is 10.1. The van der Waals surface area contributed by atoms with E-state index in [0.717, 1.165) is 5.69 Å². The van der Waals surface area contributed by atoms with E-state index < -0.39 is 24.3 Å². The third-order valence-electron chi connectivity index (χ3n) is 3.80. The van der Waals surface area contributed by atoms with Crippen molar-refractivity contribution in [3.8, 4) is 0 Å². The van der Waals surface area contributed by atoms with Gasteiger partial charge < -0.3 is 10.1 Å². The molecule has 1 amide bonds. The van der Waals surface area contributed by atoms with Crippen molar-refractivity contribution < 1.29 is 18.7 Å². The molecule has 0 aliphatic rings. The number of amides is 1. The van der Waals surface area contributed by atoms with Crippen molar-refractivity contribution in [2.75, 3.05) is 11.9 Å². The Labute approximate surface area is 148 Å². The van der Waals surface area contributed by atoms with Crippen LogP contribution in [-0.4, -0.2) is 38.1 Å². The Bertz CT molecular complexity index is 968. The minimum Gasteiger partial charge on any atom is -0.455 e. The topological polar surface area (TPSA) is 98.5 Å². The molecule has 0 saturated heterocycles. The molecule has 0 unspecified atom stereocenters. The summed E-state index contributed by atoms with van der Waals surface area (Å²) in [5.41, 5.74) is 2.47. The normalized spacial score (nSPS) is 10.7. The standard InChI is InChI=1S/C17H16FN5O3/c1-10-14(11(2)23-17(21-10)19-9-20-23)7-16(25)26-8-15(24)22-13-5-3-12(18)4-6-13/h3-6,9H,7-8H2,1-2H3,(H,22,24). The molecule has 1 aromatic carbocycles. The first-order valence-electron chi connectivity index (χ1n) is 7.81. The van der Waals surface area contributed by atoms with E-state index in [1.54, 1.807) is 13.8 Å². The number of carbonyl (C=O) groups excluding carboxylic acids is 2. The fourth-order valence-electron chi connectivity index (χ4n) is 2.48. The molecule has 0 aliphatic heterocycles. The quantitative estimate of drug-likeness (QED) is 0.697. The summed E-state index contributed by atoms with van der Waals surface area (Å²) in [5.74, 6) is -1.02. The van der Waals surface area contributed by atoms with E-state index in [1.807, 2.05) is 0 Å². The summed E-state index contributed by atoms with van der Waals surface area (Å²) in [6.07, 6.45) is 1.35. The average Bonchev–Trinajstić information content (AvgIpc) is 3.07. The van der Waals surface area contributed by atoms with Gasteiger partial charge in [-0.3, -0.25) is 9.59 Å². The van der Waals surface area contributed by atoms with Crippen molar-refractivity contribution in [2.45, 2.75) is 20.3 Å². The van der Waals surface area contributed by atoms with Gasteiger partial charge in [0.2, 0.25) is 0 Å². The third kappa shape index (κ3) is 3.82. The van der Waals surface area contributed by atoms with Crippen LogP contribution in [-0.2, 0) is 20.7 Å². The van der Waals surface area contributed by atoms with Crippen LogP contribution < -0.4 is 5.32 Å². The molecule has 8 nitrogen and oxygen atoms in total. The molecule has 26 heavy (non-hydrogen) atoms. The van der Waals surface area contributed by atoms with Gasteiger partial charge in [0.15, 0.2) is 6.61 Å². The molecule has 0 radical (unpaired) electrons. The maximum Gasteiger partial charge on any atom is 0.310 e. The Balaban J connectivity index is 1.59. The number of esters is 1. The fraction of sp³-hybridized carbons (Fsp3) is 0.235. The molecule has 3 rings (SSSR count). The number of benzene rings is 1. The van der Waals surface area contributed by atoms with Crippen molar-refractivity contribution in [3.05, 3.63) is 53.4 Å². The highest BCUT2D eigenvalue weighted by Gasteiger charge is 2.16. The van der Waals surface area contributed by atoms with E-state index in [-0.39, 0.29) is 6.42 Å². The number of rotatable bonds is 5. The molecule has 9 heteroatoms. The van der Waals surface area contributed by atoms with Gasteiger partial charge in [-0.1, -0.05) is 0 Å². The molecule has 0 atom stereocenters. The Hall–Kier alpha value is -3.36. The van der Waals surface area contributed by atoms with Gasteiger partial charge in [0.25, 0.3) is 11.7 Å². The van der Waals surface area contributed by atoms with Gasteiger partial charge in [0.05, 0.1) is 6.42 Å². The summed E-state index contributed by atoms with van der Waals surface area (Å²) < 4.78 is 19.4. The summed E-state index contributed by atoms with van der Waals surface area (Å²) in [5, 5.41) is 6.57. The lowest BCUT2D eigenvalue weighted by Crippen LogP contribution is -2.22. The van der Waals surface area contributed by atoms with E-state index in [1.165, 1.54) is 35.1 Å².